The van der Waals surface area contributed by atoms with Gasteiger partial charge in [0, 0.05) is 17.8 Å². The van der Waals surface area contributed by atoms with Gasteiger partial charge in [-0.15, -0.1) is 0 Å². The molecule has 0 saturated carbocycles. The Labute approximate surface area is 406 Å². The van der Waals surface area contributed by atoms with Crippen LogP contribution in [0.5, 0.6) is 0 Å². The first-order valence-corrected chi connectivity index (χ1v) is 23.2. The van der Waals surface area contributed by atoms with Crippen molar-refractivity contribution >= 4 is 12.9 Å². The standard InChI is InChI=1S/C42H72O29/c1-15(2)62-39-31(58)30(57)35(24(11-46)64-39)66-40-32(59)37(36(25(12-47)65-40)67-38-18(5)26(53)28(55)22(9-44)63-38)71-42(61-14-49)7-20(51)17(4)34(70-42)29(56)23(10-45)68-41(60-13-48)6-19(50)16(3)33(69-41)27(54)21(52)8-43/h13-40,43-47,50-59H,6-12H2,1-5H3/t16-,17-,18?,19?,20?,21-,22?,23-,24?,25?,26-,27-,28+,29-,30-,31?,32?,33?,34?,35-,36+,37-,38+,39-,40+,41-,42+/m1/s1. The maximum Gasteiger partial charge on any atom is 0.332 e. The van der Waals surface area contributed by atoms with E-state index in [0.29, 0.717) is 0 Å². The van der Waals surface area contributed by atoms with E-state index in [9.17, 15) is 86.2 Å². The summed E-state index contributed by atoms with van der Waals surface area (Å²) in [4.78, 5) is 24.2. The first kappa shape index (κ1) is 59.8. The number of rotatable bonds is 23. The smallest absolute Gasteiger partial charge is 0.332 e. The van der Waals surface area contributed by atoms with Crippen LogP contribution < -0.4 is 0 Å². The number of carbonyl (C=O) groups is 2. The molecule has 0 aromatic rings. The van der Waals surface area contributed by atoms with Gasteiger partial charge >= 0.3 is 11.9 Å². The summed E-state index contributed by atoms with van der Waals surface area (Å²) in [6, 6.07) is 0. The van der Waals surface area contributed by atoms with Gasteiger partial charge in [0.05, 0.1) is 82.5 Å². The molecule has 0 amide bonds. The second-order valence-corrected chi connectivity index (χ2v) is 18.7. The van der Waals surface area contributed by atoms with Crippen LogP contribution in [0.4, 0.5) is 0 Å². The molecule has 0 aliphatic carbocycles. The van der Waals surface area contributed by atoms with E-state index >= 15 is 0 Å². The van der Waals surface area contributed by atoms with Gasteiger partial charge in [-0.05, 0) is 13.8 Å². The molecular formula is C42H72O29. The number of ether oxygens (including phenoxy) is 12. The highest BCUT2D eigenvalue weighted by Crippen LogP contribution is 2.44. The quantitative estimate of drug-likeness (QED) is 0.0334. The zero-order valence-corrected chi connectivity index (χ0v) is 39.5. The molecule has 29 heteroatoms. The van der Waals surface area contributed by atoms with Crippen LogP contribution in [0.3, 0.4) is 0 Å². The number of hydrogen-bond donors (Lipinski definition) is 15. The molecule has 5 aliphatic heterocycles. The van der Waals surface area contributed by atoms with Crippen molar-refractivity contribution in [3.8, 4) is 0 Å². The molecule has 5 saturated heterocycles. The van der Waals surface area contributed by atoms with Crippen molar-refractivity contribution < 1.29 is 143 Å². The predicted molar refractivity (Wildman–Crippen MR) is 223 cm³/mol. The summed E-state index contributed by atoms with van der Waals surface area (Å²) in [7, 11) is 0. The second-order valence-electron chi connectivity index (χ2n) is 18.7. The fraction of sp³-hybridized carbons (Fsp3) is 0.952. The van der Waals surface area contributed by atoms with E-state index in [0.717, 1.165) is 0 Å². The third-order valence-corrected chi connectivity index (χ3v) is 13.5. The molecule has 5 rings (SSSR count). The van der Waals surface area contributed by atoms with Gasteiger partial charge in [-0.3, -0.25) is 9.59 Å². The van der Waals surface area contributed by atoms with Crippen molar-refractivity contribution in [2.75, 3.05) is 33.0 Å². The van der Waals surface area contributed by atoms with Gasteiger partial charge < -0.3 is 133 Å². The van der Waals surface area contributed by atoms with Crippen LogP contribution in [-0.2, 0) is 66.4 Å². The molecule has 0 spiro atoms. The summed E-state index contributed by atoms with van der Waals surface area (Å²) in [6.07, 6.45) is -41.4. The fourth-order valence-electron chi connectivity index (χ4n) is 9.25. The van der Waals surface area contributed by atoms with Crippen molar-refractivity contribution in [3.63, 3.8) is 0 Å². The van der Waals surface area contributed by atoms with Crippen molar-refractivity contribution in [3.05, 3.63) is 0 Å². The average molecular weight is 1040 g/mol. The second kappa shape index (κ2) is 25.7. The normalized spacial score (nSPS) is 46.2. The number of aliphatic hydroxyl groups excluding tert-OH is 15. The van der Waals surface area contributed by atoms with Crippen molar-refractivity contribution in [1.82, 2.24) is 0 Å². The molecule has 27 atom stereocenters. The summed E-state index contributed by atoms with van der Waals surface area (Å²) in [5.74, 6) is -9.02. The molecule has 5 heterocycles. The maximum absolute atomic E-state index is 12.4. The van der Waals surface area contributed by atoms with Crippen molar-refractivity contribution in [2.24, 2.45) is 17.8 Å². The van der Waals surface area contributed by atoms with Gasteiger partial charge in [0.1, 0.15) is 85.5 Å². The van der Waals surface area contributed by atoms with Crippen LogP contribution in [0, 0.1) is 17.8 Å². The van der Waals surface area contributed by atoms with E-state index in [2.05, 4.69) is 0 Å². The highest BCUT2D eigenvalue weighted by atomic mass is 16.9. The van der Waals surface area contributed by atoms with E-state index in [-0.39, 0.29) is 12.9 Å². The Bertz CT molecular complexity index is 1630. The van der Waals surface area contributed by atoms with Gasteiger partial charge in [0.2, 0.25) is 0 Å². The van der Waals surface area contributed by atoms with Crippen LogP contribution in [0.25, 0.3) is 0 Å². The van der Waals surface area contributed by atoms with Gasteiger partial charge in [-0.2, -0.15) is 0 Å². The molecular weight excluding hydrogens is 968 g/mol. The molecule has 0 aromatic heterocycles. The van der Waals surface area contributed by atoms with Crippen LogP contribution in [0.2, 0.25) is 0 Å². The van der Waals surface area contributed by atoms with Gasteiger partial charge in [-0.1, -0.05) is 20.8 Å². The van der Waals surface area contributed by atoms with Crippen LogP contribution >= 0.6 is 0 Å². The maximum atomic E-state index is 12.4. The van der Waals surface area contributed by atoms with E-state index in [4.69, 9.17) is 56.8 Å². The summed E-state index contributed by atoms with van der Waals surface area (Å²) >= 11 is 0. The van der Waals surface area contributed by atoms with Crippen LogP contribution in [-0.4, -0.2) is 275 Å². The van der Waals surface area contributed by atoms with E-state index in [1.165, 1.54) is 20.8 Å². The highest BCUT2D eigenvalue weighted by molar-refractivity contribution is 5.38. The van der Waals surface area contributed by atoms with E-state index in [1.807, 2.05) is 0 Å². The fourth-order valence-corrected chi connectivity index (χ4v) is 9.25. The molecule has 0 bridgehead atoms. The summed E-state index contributed by atoms with van der Waals surface area (Å²) in [6.45, 7) is 2.09. The third-order valence-electron chi connectivity index (χ3n) is 13.5. The van der Waals surface area contributed by atoms with E-state index < -0.39 is 217 Å². The lowest BCUT2D eigenvalue weighted by atomic mass is 9.86. The number of carbonyl (C=O) groups excluding carboxylic acids is 2. The van der Waals surface area contributed by atoms with Crippen LogP contribution in [0.15, 0.2) is 0 Å². The Morgan fingerprint density at radius 2 is 1.07 bits per heavy atom. The number of hydrogen-bond acceptors (Lipinski definition) is 29. The van der Waals surface area contributed by atoms with Gasteiger partial charge in [-0.25, -0.2) is 0 Å². The van der Waals surface area contributed by atoms with E-state index in [1.54, 1.807) is 13.8 Å². The molecule has 0 aromatic carbocycles. The van der Waals surface area contributed by atoms with Crippen LogP contribution in [0.1, 0.15) is 47.5 Å². The summed E-state index contributed by atoms with van der Waals surface area (Å²) < 4.78 is 69.4. The van der Waals surface area contributed by atoms with Gasteiger partial charge in [0.15, 0.2) is 18.9 Å². The predicted octanol–water partition coefficient (Wildman–Crippen LogP) is -8.16. The number of aliphatic hydroxyl groups is 15. The van der Waals surface area contributed by atoms with Crippen molar-refractivity contribution in [2.45, 2.75) is 200 Å². The molecule has 71 heavy (non-hydrogen) atoms. The molecule has 15 N–H and O–H groups in total. The minimum atomic E-state index is -2.94. The molecule has 10 unspecified atom stereocenters. The topological polar surface area (TPSA) is 448 Å². The largest absolute Gasteiger partial charge is 0.410 e. The zero-order valence-electron chi connectivity index (χ0n) is 39.5. The molecule has 5 fully saturated rings. The minimum Gasteiger partial charge on any atom is -0.410 e. The SMILES string of the molecule is CC(C)O[C@@H]1OC(CO)[C@@H](O[C@@H]2OC(CO)[C@H](O[C@@H]3OC(CO)[C@H](O)[C@H](O)C3C)[C@H](O[C@]3(OC=O)CC(O)[C@@H](C)C([C@H](O)[C@@H](CO)O[C@]4(OC=O)CC(O)[C@@H](C)C([C@H](O)[C@H](O)CO)O4)O3)C2O)[C@H](O)C1O. The zero-order chi connectivity index (χ0) is 52.9. The molecule has 0 radical (unpaired) electrons. The molecule has 414 valence electrons. The van der Waals surface area contributed by atoms with Crippen molar-refractivity contribution in [1.29, 1.82) is 0 Å². The highest BCUT2D eigenvalue weighted by Gasteiger charge is 2.61. The summed E-state index contributed by atoms with van der Waals surface area (Å²) in [5.41, 5.74) is 0. The first-order valence-electron chi connectivity index (χ1n) is 23.2. The lowest BCUT2D eigenvalue weighted by molar-refractivity contribution is -0.460. The van der Waals surface area contributed by atoms with Gasteiger partial charge in [0.25, 0.3) is 12.9 Å². The Hall–Kier alpha value is -2.06. The lowest BCUT2D eigenvalue weighted by Crippen LogP contribution is -2.69. The third kappa shape index (κ3) is 13.1. The average Bonchev–Trinajstić information content (AvgIpc) is 3.33. The Balaban J connectivity index is 1.52. The lowest BCUT2D eigenvalue weighted by Gasteiger charge is -2.52. The Kier molecular flexibility index (Phi) is 21.6. The molecule has 5 aliphatic rings. The minimum absolute atomic E-state index is 0.179. The monoisotopic (exact) mass is 1040 g/mol. The molecule has 29 nitrogen and oxygen atoms in total. The Morgan fingerprint density at radius 3 is 1.62 bits per heavy atom. The first-order chi connectivity index (χ1) is 33.5. The Morgan fingerprint density at radius 1 is 0.563 bits per heavy atom. The summed E-state index contributed by atoms with van der Waals surface area (Å²) in [5, 5.41) is 162.